The van der Waals surface area contributed by atoms with Crippen LogP contribution < -0.4 is 16.0 Å². The van der Waals surface area contributed by atoms with Gasteiger partial charge in [-0.15, -0.1) is 0 Å². The number of fused-ring (bicyclic) bond motifs is 1. The largest absolute Gasteiger partial charge is 0.478 e. The van der Waals surface area contributed by atoms with Gasteiger partial charge in [0.2, 0.25) is 17.8 Å². The number of carbonyl (C=O) groups is 2. The van der Waals surface area contributed by atoms with E-state index < -0.39 is 57.5 Å². The minimum absolute atomic E-state index is 0.0140. The smallest absolute Gasteiger partial charge is 0.335 e. The molecule has 61 heavy (non-hydrogen) atoms. The minimum atomic E-state index is -4.88. The normalized spacial score (nSPS) is 12.7. The maximum absolute atomic E-state index is 12.1. The van der Waals surface area contributed by atoms with Gasteiger partial charge in [0, 0.05) is 22.1 Å². The zero-order valence-electron chi connectivity index (χ0n) is 30.7. The lowest BCUT2D eigenvalue weighted by Gasteiger charge is -2.14. The minimum Gasteiger partial charge on any atom is -0.478 e. The molecule has 6 rings (SSSR count). The second-order valence-corrected chi connectivity index (χ2v) is 17.0. The van der Waals surface area contributed by atoms with E-state index in [9.17, 15) is 58.7 Å². The Labute approximate surface area is 344 Å². The van der Waals surface area contributed by atoms with E-state index in [0.717, 1.165) is 43.3 Å². The molecule has 0 radical (unpaired) electrons. The topological polar surface area (TPSA) is 362 Å². The van der Waals surface area contributed by atoms with Crippen LogP contribution in [0, 0.1) is 0 Å². The number of rotatable bonds is 15. The van der Waals surface area contributed by atoms with Crippen molar-refractivity contribution < 1.29 is 58.7 Å². The predicted octanol–water partition coefficient (Wildman–Crippen LogP) is 6.88. The Morgan fingerprint density at radius 3 is 1.43 bits per heavy atom. The molecular formula is C35H28N10O13S3. The molecule has 0 aliphatic carbocycles. The lowest BCUT2D eigenvalue weighted by atomic mass is 10.1. The standard InChI is InChI=1S/C35H28N10O13S3/c1-18(59(50,51)52)36-33-39-34(37-21-5-9-23(10-6-21)42-44-25-14-19(31(46)47)13-20(15-25)32(48)49)41-35(40-33)38-22-7-11-24(12-8-22)43-45-26-16-28-27(30(17-26)61(56,57)58)3-2-4-29(28)60(53,54)55/h2-18H,1H3,(H,46,47)(H,48,49)(H,50,51,52)(H,53,54,55)(H,56,57,58)(H3,36,37,38,39,40,41). The molecule has 26 heteroatoms. The molecule has 0 fully saturated rings. The van der Waals surface area contributed by atoms with Crippen LogP contribution >= 0.6 is 0 Å². The van der Waals surface area contributed by atoms with Crippen LogP contribution in [-0.4, -0.2) is 81.4 Å². The molecular weight excluding hydrogens is 865 g/mol. The van der Waals surface area contributed by atoms with E-state index in [1.165, 1.54) is 60.7 Å². The number of aromatic carboxylic acids is 2. The van der Waals surface area contributed by atoms with Crippen LogP contribution in [0.4, 0.5) is 52.0 Å². The third-order valence-corrected chi connectivity index (χ3v) is 10.9. The van der Waals surface area contributed by atoms with E-state index in [2.05, 4.69) is 51.4 Å². The summed E-state index contributed by atoms with van der Waals surface area (Å²) in [7, 11) is -14.3. The molecule has 1 aromatic heterocycles. The predicted molar refractivity (Wildman–Crippen MR) is 216 cm³/mol. The first-order valence-electron chi connectivity index (χ1n) is 16.8. The summed E-state index contributed by atoms with van der Waals surface area (Å²) in [6.07, 6.45) is 0. The summed E-state index contributed by atoms with van der Waals surface area (Å²) >= 11 is 0. The van der Waals surface area contributed by atoms with E-state index in [0.29, 0.717) is 17.1 Å². The second-order valence-electron chi connectivity index (χ2n) is 12.5. The van der Waals surface area contributed by atoms with Gasteiger partial charge in [0.25, 0.3) is 30.4 Å². The first-order chi connectivity index (χ1) is 28.6. The second kappa shape index (κ2) is 17.1. The molecule has 0 amide bonds. The lowest BCUT2D eigenvalue weighted by Crippen LogP contribution is -2.27. The highest BCUT2D eigenvalue weighted by Crippen LogP contribution is 2.34. The van der Waals surface area contributed by atoms with Gasteiger partial charge in [-0.1, -0.05) is 12.1 Å². The SMILES string of the molecule is CC(Nc1nc(Nc2ccc(N=Nc3cc(C(=O)O)cc(C(=O)O)c3)cc2)nc(Nc2ccc(N=Nc3cc(S(=O)(=O)O)c4cccc(S(=O)(=O)O)c4c3)cc2)n1)S(=O)(=O)O. The number of carboxylic acid groups (broad SMARTS) is 2. The number of benzene rings is 5. The van der Waals surface area contributed by atoms with Gasteiger partial charge in [0.05, 0.1) is 33.9 Å². The van der Waals surface area contributed by atoms with Gasteiger partial charge in [-0.2, -0.15) is 60.7 Å². The molecule has 0 saturated heterocycles. The summed E-state index contributed by atoms with van der Waals surface area (Å²) in [5, 5.41) is 40.9. The molecule has 0 saturated carbocycles. The van der Waals surface area contributed by atoms with Gasteiger partial charge in [-0.05, 0) is 91.9 Å². The quantitative estimate of drug-likeness (QED) is 0.0384. The van der Waals surface area contributed by atoms with Crippen LogP contribution in [0.15, 0.2) is 127 Å². The van der Waals surface area contributed by atoms with Gasteiger partial charge < -0.3 is 26.2 Å². The van der Waals surface area contributed by atoms with Crippen molar-refractivity contribution in [2.24, 2.45) is 20.5 Å². The lowest BCUT2D eigenvalue weighted by molar-refractivity contribution is 0.0696. The van der Waals surface area contributed by atoms with Crippen LogP contribution in [0.25, 0.3) is 10.8 Å². The van der Waals surface area contributed by atoms with Gasteiger partial charge in [-0.25, -0.2) is 9.59 Å². The van der Waals surface area contributed by atoms with Crippen LogP contribution in [0.2, 0.25) is 0 Å². The number of carboxylic acids is 2. The summed E-state index contributed by atoms with van der Waals surface area (Å²) in [5.41, 5.74) is 0.484. The molecule has 1 heterocycles. The first kappa shape index (κ1) is 43.2. The molecule has 0 spiro atoms. The summed E-state index contributed by atoms with van der Waals surface area (Å²) in [5.74, 6) is -3.19. The Balaban J connectivity index is 1.22. The van der Waals surface area contributed by atoms with Crippen molar-refractivity contribution in [2.75, 3.05) is 16.0 Å². The number of nitrogens with one attached hydrogen (secondary N) is 3. The Hall–Kier alpha value is -7.36. The van der Waals surface area contributed by atoms with Gasteiger partial charge in [0.15, 0.2) is 5.37 Å². The zero-order chi connectivity index (χ0) is 44.3. The molecule has 1 unspecified atom stereocenters. The summed E-state index contributed by atoms with van der Waals surface area (Å²) in [4.78, 5) is 34.2. The van der Waals surface area contributed by atoms with Crippen molar-refractivity contribution in [3.63, 3.8) is 0 Å². The van der Waals surface area contributed by atoms with Crippen molar-refractivity contribution in [1.82, 2.24) is 15.0 Å². The number of hydrogen-bond donors (Lipinski definition) is 8. The Morgan fingerprint density at radius 2 is 0.984 bits per heavy atom. The third kappa shape index (κ3) is 11.0. The number of anilines is 5. The van der Waals surface area contributed by atoms with Crippen molar-refractivity contribution in [2.45, 2.75) is 22.1 Å². The Morgan fingerprint density at radius 1 is 0.541 bits per heavy atom. The number of azo groups is 2. The Kier molecular flexibility index (Phi) is 12.1. The highest BCUT2D eigenvalue weighted by Gasteiger charge is 2.22. The number of hydrogen-bond acceptors (Lipinski definition) is 18. The maximum atomic E-state index is 12.1. The molecule has 0 aliphatic rings. The average molecular weight is 893 g/mol. The summed E-state index contributed by atoms with van der Waals surface area (Å²) < 4.78 is 101. The molecule has 0 bridgehead atoms. The van der Waals surface area contributed by atoms with Crippen LogP contribution in [0.1, 0.15) is 27.6 Å². The first-order valence-corrected chi connectivity index (χ1v) is 21.2. The van der Waals surface area contributed by atoms with Crippen molar-refractivity contribution in [3.8, 4) is 0 Å². The average Bonchev–Trinajstić information content (AvgIpc) is 3.18. The van der Waals surface area contributed by atoms with E-state index in [1.54, 1.807) is 0 Å². The molecule has 23 nitrogen and oxygen atoms in total. The summed E-state index contributed by atoms with van der Waals surface area (Å²) in [6, 6.07) is 20.9. The molecule has 314 valence electrons. The fourth-order valence-electron chi connectivity index (χ4n) is 5.24. The fraction of sp³-hybridized carbons (Fsp3) is 0.0571. The molecule has 6 aromatic rings. The number of aromatic nitrogens is 3. The zero-order valence-corrected chi connectivity index (χ0v) is 33.1. The molecule has 8 N–H and O–H groups in total. The monoisotopic (exact) mass is 892 g/mol. The van der Waals surface area contributed by atoms with Crippen LogP contribution in [0.5, 0.6) is 0 Å². The third-order valence-electron chi connectivity index (χ3n) is 8.09. The van der Waals surface area contributed by atoms with Gasteiger partial charge in [0.1, 0.15) is 9.79 Å². The Bertz CT molecular complexity index is 3080. The van der Waals surface area contributed by atoms with Crippen molar-refractivity contribution in [1.29, 1.82) is 0 Å². The molecule has 0 aliphatic heterocycles. The van der Waals surface area contributed by atoms with Crippen LogP contribution in [0.3, 0.4) is 0 Å². The van der Waals surface area contributed by atoms with Gasteiger partial charge >= 0.3 is 11.9 Å². The van der Waals surface area contributed by atoms with E-state index in [1.807, 2.05) is 0 Å². The molecule has 5 aromatic carbocycles. The van der Waals surface area contributed by atoms with Crippen molar-refractivity contribution in [3.05, 3.63) is 108 Å². The van der Waals surface area contributed by atoms with E-state index in [4.69, 9.17) is 0 Å². The fourth-order valence-corrected chi connectivity index (χ4v) is 6.92. The number of nitrogens with zero attached hydrogens (tertiary/aromatic N) is 7. The van der Waals surface area contributed by atoms with E-state index in [-0.39, 0.29) is 56.8 Å². The van der Waals surface area contributed by atoms with Gasteiger partial charge in [-0.3, -0.25) is 13.7 Å². The van der Waals surface area contributed by atoms with E-state index >= 15 is 0 Å². The summed E-state index contributed by atoms with van der Waals surface area (Å²) in [6.45, 7) is 1.15. The maximum Gasteiger partial charge on any atom is 0.335 e. The van der Waals surface area contributed by atoms with Crippen LogP contribution in [-0.2, 0) is 30.4 Å². The van der Waals surface area contributed by atoms with Crippen molar-refractivity contribution >= 4 is 105 Å². The highest BCUT2D eigenvalue weighted by atomic mass is 32.2. The molecule has 1 atom stereocenters. The highest BCUT2D eigenvalue weighted by molar-refractivity contribution is 7.86.